The standard InChI is InChI=1S/C12H15NO2/c1-2-15-12(14)11-7-9-5-3-4-6-10(9)8-13-11/h3-6,11,13H,2,7-8H2,1H3/t11-/m1/s1. The molecule has 3 heteroatoms. The van der Waals surface area contributed by atoms with Crippen molar-refractivity contribution in [3.8, 4) is 0 Å². The zero-order valence-corrected chi connectivity index (χ0v) is 8.82. The highest BCUT2D eigenvalue weighted by molar-refractivity contribution is 5.76. The van der Waals surface area contributed by atoms with Crippen LogP contribution in [0.15, 0.2) is 24.3 Å². The number of ether oxygens (including phenoxy) is 1. The maximum Gasteiger partial charge on any atom is 0.323 e. The highest BCUT2D eigenvalue weighted by atomic mass is 16.5. The first kappa shape index (κ1) is 10.2. The minimum absolute atomic E-state index is 0.146. The van der Waals surface area contributed by atoms with Gasteiger partial charge in [-0.1, -0.05) is 24.3 Å². The molecule has 0 aliphatic carbocycles. The van der Waals surface area contributed by atoms with E-state index >= 15 is 0 Å². The second kappa shape index (κ2) is 4.45. The maximum absolute atomic E-state index is 11.5. The first-order valence-corrected chi connectivity index (χ1v) is 5.28. The number of carbonyl (C=O) groups is 1. The first-order chi connectivity index (χ1) is 7.31. The summed E-state index contributed by atoms with van der Waals surface area (Å²) in [5.74, 6) is -0.146. The Balaban J connectivity index is 2.08. The predicted molar refractivity (Wildman–Crippen MR) is 57.4 cm³/mol. The lowest BCUT2D eigenvalue weighted by Gasteiger charge is -2.24. The van der Waals surface area contributed by atoms with Crippen LogP contribution in [0.1, 0.15) is 18.1 Å². The fourth-order valence-corrected chi connectivity index (χ4v) is 1.86. The van der Waals surface area contributed by atoms with Crippen LogP contribution in [0.2, 0.25) is 0 Å². The third-order valence-corrected chi connectivity index (χ3v) is 2.65. The van der Waals surface area contributed by atoms with Gasteiger partial charge in [-0.25, -0.2) is 0 Å². The molecule has 0 unspecified atom stereocenters. The minimum Gasteiger partial charge on any atom is -0.465 e. The molecule has 1 aliphatic rings. The van der Waals surface area contributed by atoms with Crippen molar-refractivity contribution in [2.45, 2.75) is 25.9 Å². The largest absolute Gasteiger partial charge is 0.465 e. The number of benzene rings is 1. The Labute approximate surface area is 89.4 Å². The Morgan fingerprint density at radius 2 is 2.20 bits per heavy atom. The molecule has 0 amide bonds. The highest BCUT2D eigenvalue weighted by Crippen LogP contribution is 2.16. The second-order valence-electron chi connectivity index (χ2n) is 3.66. The van der Waals surface area contributed by atoms with Crippen molar-refractivity contribution in [3.05, 3.63) is 35.4 Å². The minimum atomic E-state index is -0.181. The number of esters is 1. The van der Waals surface area contributed by atoms with Crippen LogP contribution < -0.4 is 5.32 Å². The maximum atomic E-state index is 11.5. The lowest BCUT2D eigenvalue weighted by atomic mass is 9.96. The van der Waals surface area contributed by atoms with E-state index in [2.05, 4.69) is 17.4 Å². The summed E-state index contributed by atoms with van der Waals surface area (Å²) in [6, 6.07) is 8.00. The third-order valence-electron chi connectivity index (χ3n) is 2.65. The molecule has 0 fully saturated rings. The predicted octanol–water partition coefficient (Wildman–Crippen LogP) is 1.26. The van der Waals surface area contributed by atoms with E-state index in [0.717, 1.165) is 13.0 Å². The van der Waals surface area contributed by atoms with Gasteiger partial charge < -0.3 is 10.1 Å². The van der Waals surface area contributed by atoms with Crippen molar-refractivity contribution in [2.24, 2.45) is 0 Å². The molecule has 1 aromatic rings. The molecule has 1 N–H and O–H groups in total. The van der Waals surface area contributed by atoms with Crippen molar-refractivity contribution in [2.75, 3.05) is 6.61 Å². The van der Waals surface area contributed by atoms with Gasteiger partial charge in [-0.15, -0.1) is 0 Å². The van der Waals surface area contributed by atoms with E-state index < -0.39 is 0 Å². The number of hydrogen-bond acceptors (Lipinski definition) is 3. The lowest BCUT2D eigenvalue weighted by Crippen LogP contribution is -2.42. The molecule has 80 valence electrons. The van der Waals surface area contributed by atoms with Crippen LogP contribution in [0.5, 0.6) is 0 Å². The molecule has 1 aliphatic heterocycles. The lowest BCUT2D eigenvalue weighted by molar-refractivity contribution is -0.145. The van der Waals surface area contributed by atoms with Crippen LogP contribution in [0, 0.1) is 0 Å². The van der Waals surface area contributed by atoms with Gasteiger partial charge in [0.2, 0.25) is 0 Å². The van der Waals surface area contributed by atoms with E-state index in [1.807, 2.05) is 19.1 Å². The SMILES string of the molecule is CCOC(=O)[C@H]1Cc2ccccc2CN1. The molecule has 2 rings (SSSR count). The molecular formula is C12H15NO2. The molecule has 0 aromatic heterocycles. The Hall–Kier alpha value is -1.35. The third kappa shape index (κ3) is 2.18. The Morgan fingerprint density at radius 3 is 2.93 bits per heavy atom. The molecule has 0 spiro atoms. The number of hydrogen-bond donors (Lipinski definition) is 1. The van der Waals surface area contributed by atoms with E-state index in [1.165, 1.54) is 11.1 Å². The summed E-state index contributed by atoms with van der Waals surface area (Å²) in [5.41, 5.74) is 2.52. The van der Waals surface area contributed by atoms with Crippen LogP contribution >= 0.6 is 0 Å². The smallest absolute Gasteiger partial charge is 0.323 e. The van der Waals surface area contributed by atoms with Crippen molar-refractivity contribution in [3.63, 3.8) is 0 Å². The summed E-state index contributed by atoms with van der Waals surface area (Å²) in [6.45, 7) is 3.02. The van der Waals surface area contributed by atoms with E-state index in [-0.39, 0.29) is 12.0 Å². The fourth-order valence-electron chi connectivity index (χ4n) is 1.86. The van der Waals surface area contributed by atoms with E-state index in [9.17, 15) is 4.79 Å². The Bertz CT molecular complexity index is 362. The normalized spacial score (nSPS) is 19.4. The molecular weight excluding hydrogens is 190 g/mol. The summed E-state index contributed by atoms with van der Waals surface area (Å²) < 4.78 is 4.99. The van der Waals surface area contributed by atoms with Gasteiger partial charge in [0, 0.05) is 6.54 Å². The summed E-state index contributed by atoms with van der Waals surface area (Å²) in [6.07, 6.45) is 0.731. The van der Waals surface area contributed by atoms with Crippen LogP contribution in [0.25, 0.3) is 0 Å². The molecule has 0 saturated heterocycles. The summed E-state index contributed by atoms with van der Waals surface area (Å²) in [5, 5.41) is 3.19. The quantitative estimate of drug-likeness (QED) is 0.739. The summed E-state index contributed by atoms with van der Waals surface area (Å²) in [4.78, 5) is 11.5. The van der Waals surface area contributed by atoms with Crippen molar-refractivity contribution < 1.29 is 9.53 Å². The average molecular weight is 205 g/mol. The molecule has 1 aromatic carbocycles. The Morgan fingerprint density at radius 1 is 1.47 bits per heavy atom. The van der Waals surface area contributed by atoms with Gasteiger partial charge in [0.25, 0.3) is 0 Å². The van der Waals surface area contributed by atoms with Gasteiger partial charge in [-0.3, -0.25) is 4.79 Å². The van der Waals surface area contributed by atoms with Gasteiger partial charge in [-0.2, -0.15) is 0 Å². The molecule has 1 heterocycles. The van der Waals surface area contributed by atoms with Crippen LogP contribution in [0.3, 0.4) is 0 Å². The molecule has 15 heavy (non-hydrogen) atoms. The molecule has 0 radical (unpaired) electrons. The van der Waals surface area contributed by atoms with Gasteiger partial charge in [0.1, 0.15) is 6.04 Å². The molecule has 1 atom stereocenters. The van der Waals surface area contributed by atoms with Crippen molar-refractivity contribution >= 4 is 5.97 Å². The van der Waals surface area contributed by atoms with E-state index in [0.29, 0.717) is 6.61 Å². The first-order valence-electron chi connectivity index (χ1n) is 5.28. The van der Waals surface area contributed by atoms with Gasteiger partial charge in [0.15, 0.2) is 0 Å². The topological polar surface area (TPSA) is 38.3 Å². The van der Waals surface area contributed by atoms with Crippen LogP contribution in [0.4, 0.5) is 0 Å². The number of nitrogens with one attached hydrogen (secondary N) is 1. The second-order valence-corrected chi connectivity index (χ2v) is 3.66. The Kier molecular flexibility index (Phi) is 3.02. The number of fused-ring (bicyclic) bond motifs is 1. The average Bonchev–Trinajstić information content (AvgIpc) is 2.29. The fraction of sp³-hybridized carbons (Fsp3) is 0.417. The van der Waals surface area contributed by atoms with Gasteiger partial charge in [-0.05, 0) is 24.5 Å². The molecule has 0 saturated carbocycles. The molecule has 3 nitrogen and oxygen atoms in total. The monoisotopic (exact) mass is 205 g/mol. The summed E-state index contributed by atoms with van der Waals surface area (Å²) >= 11 is 0. The van der Waals surface area contributed by atoms with E-state index in [4.69, 9.17) is 4.74 Å². The van der Waals surface area contributed by atoms with Crippen LogP contribution in [-0.2, 0) is 22.5 Å². The van der Waals surface area contributed by atoms with Crippen molar-refractivity contribution in [1.82, 2.24) is 5.32 Å². The summed E-state index contributed by atoms with van der Waals surface area (Å²) in [7, 11) is 0. The van der Waals surface area contributed by atoms with Crippen LogP contribution in [-0.4, -0.2) is 18.6 Å². The zero-order chi connectivity index (χ0) is 10.7. The van der Waals surface area contributed by atoms with E-state index in [1.54, 1.807) is 0 Å². The molecule has 0 bridgehead atoms. The van der Waals surface area contributed by atoms with Gasteiger partial charge in [0.05, 0.1) is 6.61 Å². The number of rotatable bonds is 2. The van der Waals surface area contributed by atoms with Crippen molar-refractivity contribution in [1.29, 1.82) is 0 Å². The zero-order valence-electron chi connectivity index (χ0n) is 8.82. The van der Waals surface area contributed by atoms with Gasteiger partial charge >= 0.3 is 5.97 Å². The highest BCUT2D eigenvalue weighted by Gasteiger charge is 2.24. The number of carbonyl (C=O) groups excluding carboxylic acids is 1.